The summed E-state index contributed by atoms with van der Waals surface area (Å²) >= 11 is 5.46. The fourth-order valence-corrected chi connectivity index (χ4v) is 5.06. The van der Waals surface area contributed by atoms with Crippen molar-refractivity contribution in [1.29, 1.82) is 0 Å². The van der Waals surface area contributed by atoms with E-state index >= 15 is 0 Å². The zero-order valence-electron chi connectivity index (χ0n) is 16.6. The van der Waals surface area contributed by atoms with Crippen LogP contribution in [0.25, 0.3) is 0 Å². The molecule has 0 unspecified atom stereocenters. The molecule has 5 nitrogen and oxygen atoms in total. The van der Waals surface area contributed by atoms with E-state index in [-0.39, 0.29) is 0 Å². The van der Waals surface area contributed by atoms with Gasteiger partial charge >= 0.3 is 0 Å². The Labute approximate surface area is 173 Å². The summed E-state index contributed by atoms with van der Waals surface area (Å²) in [4.78, 5) is 0.303. The number of aryl methyl sites for hydroxylation is 3. The quantitative estimate of drug-likeness (QED) is 0.712. The van der Waals surface area contributed by atoms with Crippen LogP contribution in [0.4, 0.5) is 11.4 Å². The lowest BCUT2D eigenvalue weighted by atomic mass is 10.1. The fourth-order valence-electron chi connectivity index (χ4n) is 3.30. The van der Waals surface area contributed by atoms with Gasteiger partial charge in [0.1, 0.15) is 0 Å². The van der Waals surface area contributed by atoms with Crippen LogP contribution >= 0.6 is 12.2 Å². The third-order valence-corrected chi connectivity index (χ3v) is 7.15. The first-order valence-corrected chi connectivity index (χ1v) is 11.4. The van der Waals surface area contributed by atoms with E-state index in [1.807, 2.05) is 39.0 Å². The van der Waals surface area contributed by atoms with E-state index in [1.54, 1.807) is 16.4 Å². The number of anilines is 2. The number of hydrogen-bond donors (Lipinski definition) is 2. The number of piperidine rings is 1. The van der Waals surface area contributed by atoms with Gasteiger partial charge in [-0.1, -0.05) is 24.6 Å². The van der Waals surface area contributed by atoms with Crippen LogP contribution in [0.15, 0.2) is 41.3 Å². The van der Waals surface area contributed by atoms with Gasteiger partial charge in [0.2, 0.25) is 10.0 Å². The van der Waals surface area contributed by atoms with Crippen LogP contribution in [0.5, 0.6) is 0 Å². The highest BCUT2D eigenvalue weighted by atomic mass is 32.2. The Morgan fingerprint density at radius 2 is 1.46 bits per heavy atom. The van der Waals surface area contributed by atoms with Crippen LogP contribution in [-0.4, -0.2) is 30.9 Å². The number of nitrogens with one attached hydrogen (secondary N) is 2. The van der Waals surface area contributed by atoms with Crippen LogP contribution in [0.2, 0.25) is 0 Å². The minimum atomic E-state index is -3.48. The van der Waals surface area contributed by atoms with E-state index in [2.05, 4.69) is 16.7 Å². The number of hydrogen-bond acceptors (Lipinski definition) is 3. The van der Waals surface area contributed by atoms with Crippen molar-refractivity contribution in [1.82, 2.24) is 4.31 Å². The Morgan fingerprint density at radius 3 is 2.11 bits per heavy atom. The Balaban J connectivity index is 1.79. The lowest BCUT2D eigenvalue weighted by Gasteiger charge is -2.26. The standard InChI is InChI=1S/C21H27N3O2S2/c1-15-7-8-16(2)19(13-15)22-21(27)23-20-14-18(10-9-17(20)3)28(25,26)24-11-5-4-6-12-24/h7-10,13-14H,4-6,11-12H2,1-3H3,(H2,22,23,27). The molecule has 0 atom stereocenters. The fraction of sp³-hybridized carbons (Fsp3) is 0.381. The molecule has 0 aliphatic carbocycles. The second-order valence-corrected chi connectivity index (χ2v) is 9.69. The zero-order chi connectivity index (χ0) is 20.3. The van der Waals surface area contributed by atoms with E-state index in [1.165, 1.54) is 0 Å². The summed E-state index contributed by atoms with van der Waals surface area (Å²) in [6.07, 6.45) is 2.92. The molecule has 0 amide bonds. The van der Waals surface area contributed by atoms with Crippen LogP contribution in [0, 0.1) is 20.8 Å². The SMILES string of the molecule is Cc1ccc(C)c(NC(=S)Nc2cc(S(=O)(=O)N3CCCCC3)ccc2C)c1. The van der Waals surface area contributed by atoms with Gasteiger partial charge in [-0.15, -0.1) is 0 Å². The number of thiocarbonyl (C=S) groups is 1. The van der Waals surface area contributed by atoms with Crippen molar-refractivity contribution in [2.24, 2.45) is 0 Å². The van der Waals surface area contributed by atoms with Crippen molar-refractivity contribution in [2.45, 2.75) is 44.9 Å². The summed E-state index contributed by atoms with van der Waals surface area (Å²) in [5.41, 5.74) is 4.80. The maximum Gasteiger partial charge on any atom is 0.243 e. The largest absolute Gasteiger partial charge is 0.332 e. The first-order valence-electron chi connectivity index (χ1n) is 9.53. The van der Waals surface area contributed by atoms with Gasteiger partial charge in [-0.25, -0.2) is 8.42 Å². The molecule has 2 aromatic carbocycles. The Hall–Kier alpha value is -1.96. The third kappa shape index (κ3) is 4.71. The van der Waals surface area contributed by atoms with Gasteiger partial charge in [0.25, 0.3) is 0 Å². The minimum Gasteiger partial charge on any atom is -0.332 e. The highest BCUT2D eigenvalue weighted by Crippen LogP contribution is 2.25. The maximum absolute atomic E-state index is 13.0. The molecule has 3 rings (SSSR count). The summed E-state index contributed by atoms with van der Waals surface area (Å²) in [5.74, 6) is 0. The maximum atomic E-state index is 13.0. The number of sulfonamides is 1. The van der Waals surface area contributed by atoms with Gasteiger partial charge in [-0.2, -0.15) is 4.31 Å². The van der Waals surface area contributed by atoms with Gasteiger partial charge in [0.15, 0.2) is 5.11 Å². The lowest BCUT2D eigenvalue weighted by molar-refractivity contribution is 0.346. The molecule has 7 heteroatoms. The molecule has 0 radical (unpaired) electrons. The number of rotatable bonds is 4. The first-order chi connectivity index (χ1) is 13.3. The van der Waals surface area contributed by atoms with Gasteiger partial charge in [-0.05, 0) is 80.7 Å². The van der Waals surface area contributed by atoms with Crippen molar-refractivity contribution < 1.29 is 8.42 Å². The van der Waals surface area contributed by atoms with Crippen LogP contribution < -0.4 is 10.6 Å². The Morgan fingerprint density at radius 1 is 0.893 bits per heavy atom. The number of nitrogens with zero attached hydrogens (tertiary/aromatic N) is 1. The second kappa shape index (κ2) is 8.59. The van der Waals surface area contributed by atoms with Crippen molar-refractivity contribution in [3.63, 3.8) is 0 Å². The molecule has 1 aliphatic rings. The molecule has 1 heterocycles. The molecule has 0 bridgehead atoms. The zero-order valence-corrected chi connectivity index (χ0v) is 18.2. The number of benzene rings is 2. The van der Waals surface area contributed by atoms with Crippen molar-refractivity contribution in [3.05, 3.63) is 53.1 Å². The van der Waals surface area contributed by atoms with Crippen LogP contribution in [0.3, 0.4) is 0 Å². The van der Waals surface area contributed by atoms with E-state index in [9.17, 15) is 8.42 Å². The molecule has 0 aromatic heterocycles. The molecule has 0 saturated carbocycles. The van der Waals surface area contributed by atoms with Crippen molar-refractivity contribution >= 4 is 38.7 Å². The molecule has 28 heavy (non-hydrogen) atoms. The average Bonchev–Trinajstić information content (AvgIpc) is 2.67. The summed E-state index contributed by atoms with van der Waals surface area (Å²) in [7, 11) is -3.48. The highest BCUT2D eigenvalue weighted by Gasteiger charge is 2.26. The Kier molecular flexibility index (Phi) is 6.37. The molecule has 1 fully saturated rings. The van der Waals surface area contributed by atoms with Crippen LogP contribution in [-0.2, 0) is 10.0 Å². The lowest BCUT2D eigenvalue weighted by Crippen LogP contribution is -2.35. The van der Waals surface area contributed by atoms with E-state index < -0.39 is 10.0 Å². The van der Waals surface area contributed by atoms with Gasteiger partial charge in [-0.3, -0.25) is 0 Å². The van der Waals surface area contributed by atoms with Crippen molar-refractivity contribution in [3.8, 4) is 0 Å². The van der Waals surface area contributed by atoms with Crippen LogP contribution in [0.1, 0.15) is 36.0 Å². The summed E-state index contributed by atoms with van der Waals surface area (Å²) in [6, 6.07) is 11.3. The minimum absolute atomic E-state index is 0.303. The first kappa shape index (κ1) is 20.8. The molecule has 1 aliphatic heterocycles. The summed E-state index contributed by atoms with van der Waals surface area (Å²) < 4.78 is 27.5. The van der Waals surface area contributed by atoms with Gasteiger partial charge < -0.3 is 10.6 Å². The van der Waals surface area contributed by atoms with E-state index in [4.69, 9.17) is 12.2 Å². The highest BCUT2D eigenvalue weighted by molar-refractivity contribution is 7.89. The summed E-state index contributed by atoms with van der Waals surface area (Å²) in [6.45, 7) is 7.15. The normalized spacial score (nSPS) is 15.2. The molecule has 150 valence electrons. The van der Waals surface area contributed by atoms with E-state index in [0.29, 0.717) is 28.8 Å². The molecular weight excluding hydrogens is 390 g/mol. The molecule has 2 aromatic rings. The molecular formula is C21H27N3O2S2. The summed E-state index contributed by atoms with van der Waals surface area (Å²) in [5, 5.41) is 6.80. The predicted molar refractivity (Wildman–Crippen MR) is 120 cm³/mol. The van der Waals surface area contributed by atoms with Gasteiger partial charge in [0, 0.05) is 24.5 Å². The van der Waals surface area contributed by atoms with Gasteiger partial charge in [0.05, 0.1) is 4.90 Å². The monoisotopic (exact) mass is 417 g/mol. The molecule has 1 saturated heterocycles. The smallest absolute Gasteiger partial charge is 0.243 e. The Bertz CT molecular complexity index is 981. The third-order valence-electron chi connectivity index (χ3n) is 5.05. The van der Waals surface area contributed by atoms with Crippen molar-refractivity contribution in [2.75, 3.05) is 23.7 Å². The molecule has 2 N–H and O–H groups in total. The predicted octanol–water partition coefficient (Wildman–Crippen LogP) is 4.60. The van der Waals surface area contributed by atoms with E-state index in [0.717, 1.165) is 41.6 Å². The second-order valence-electron chi connectivity index (χ2n) is 7.34. The average molecular weight is 418 g/mol. The molecule has 0 spiro atoms. The topological polar surface area (TPSA) is 61.4 Å².